The van der Waals surface area contributed by atoms with Crippen molar-refractivity contribution in [1.82, 2.24) is 9.80 Å². The molecule has 1 N–H and O–H groups in total. The second-order valence-electron chi connectivity index (χ2n) is 6.35. The predicted octanol–water partition coefficient (Wildman–Crippen LogP) is 2.42. The average molecular weight is 282 g/mol. The highest BCUT2D eigenvalue weighted by Gasteiger charge is 2.28. The molecular formula is C15H26N2O3. The van der Waals surface area contributed by atoms with Crippen LogP contribution in [0.5, 0.6) is 0 Å². The minimum atomic E-state index is -0.740. The molecule has 0 aromatic heterocycles. The molecule has 2 amide bonds. The fourth-order valence-corrected chi connectivity index (χ4v) is 3.18. The molecule has 114 valence electrons. The van der Waals surface area contributed by atoms with Gasteiger partial charge in [-0.15, -0.1) is 0 Å². The van der Waals surface area contributed by atoms with E-state index in [-0.39, 0.29) is 12.5 Å². The first-order valence-electron chi connectivity index (χ1n) is 7.78. The van der Waals surface area contributed by atoms with Gasteiger partial charge in [-0.05, 0) is 43.9 Å². The number of carboxylic acid groups (broad SMARTS) is 1. The number of rotatable bonds is 5. The lowest BCUT2D eigenvalue weighted by Crippen LogP contribution is -2.47. The third-order valence-corrected chi connectivity index (χ3v) is 4.64. The van der Waals surface area contributed by atoms with Gasteiger partial charge >= 0.3 is 12.0 Å². The number of carbonyl (C=O) groups excluding carboxylic acids is 1. The molecule has 1 saturated heterocycles. The fourth-order valence-electron chi connectivity index (χ4n) is 3.18. The third kappa shape index (κ3) is 4.12. The maximum atomic E-state index is 12.4. The molecule has 5 heteroatoms. The quantitative estimate of drug-likeness (QED) is 0.842. The Morgan fingerprint density at radius 3 is 2.50 bits per heavy atom. The van der Waals surface area contributed by atoms with Crippen LogP contribution in [0.25, 0.3) is 0 Å². The topological polar surface area (TPSA) is 60.9 Å². The maximum Gasteiger partial charge on any atom is 0.319 e. The lowest BCUT2D eigenvalue weighted by Gasteiger charge is -2.37. The van der Waals surface area contributed by atoms with E-state index in [0.717, 1.165) is 32.5 Å². The number of piperidine rings is 1. The smallest absolute Gasteiger partial charge is 0.319 e. The van der Waals surface area contributed by atoms with Crippen molar-refractivity contribution in [2.24, 2.45) is 11.8 Å². The number of amides is 2. The van der Waals surface area contributed by atoms with E-state index in [2.05, 4.69) is 0 Å². The van der Waals surface area contributed by atoms with Crippen molar-refractivity contribution in [3.05, 3.63) is 0 Å². The van der Waals surface area contributed by atoms with Gasteiger partial charge in [0.25, 0.3) is 0 Å². The molecule has 20 heavy (non-hydrogen) atoms. The summed E-state index contributed by atoms with van der Waals surface area (Å²) in [5.41, 5.74) is 0. The number of carboxylic acids is 1. The van der Waals surface area contributed by atoms with Crippen molar-refractivity contribution >= 4 is 12.0 Å². The maximum absolute atomic E-state index is 12.4. The van der Waals surface area contributed by atoms with E-state index in [1.165, 1.54) is 19.3 Å². The van der Waals surface area contributed by atoms with E-state index in [0.29, 0.717) is 18.3 Å². The average Bonchev–Trinajstić information content (AvgIpc) is 2.39. The highest BCUT2D eigenvalue weighted by Crippen LogP contribution is 2.27. The molecule has 1 aliphatic carbocycles. The van der Waals surface area contributed by atoms with Gasteiger partial charge in [-0.3, -0.25) is 4.79 Å². The minimum Gasteiger partial charge on any atom is -0.481 e. The summed E-state index contributed by atoms with van der Waals surface area (Å²) in [7, 11) is 1.89. The minimum absolute atomic E-state index is 0.122. The largest absolute Gasteiger partial charge is 0.481 e. The van der Waals surface area contributed by atoms with Crippen molar-refractivity contribution in [2.45, 2.75) is 44.9 Å². The second-order valence-corrected chi connectivity index (χ2v) is 6.35. The predicted molar refractivity (Wildman–Crippen MR) is 76.5 cm³/mol. The second kappa shape index (κ2) is 6.95. The number of likely N-dealkylation sites (tertiary alicyclic amines) is 1. The standard InChI is InChI=1S/C15H26N2O3/c1-16(10-12-4-2-5-12)15(20)17-9-3-6-13(11-17)7-8-14(18)19/h12-13H,2-11H2,1H3,(H,18,19). The van der Waals surface area contributed by atoms with Crippen LogP contribution in [-0.2, 0) is 4.79 Å². The molecule has 0 aromatic rings. The lowest BCUT2D eigenvalue weighted by atomic mass is 9.85. The van der Waals surface area contributed by atoms with Gasteiger partial charge in [-0.25, -0.2) is 4.79 Å². The van der Waals surface area contributed by atoms with Crippen LogP contribution >= 0.6 is 0 Å². The molecule has 1 atom stereocenters. The molecule has 5 nitrogen and oxygen atoms in total. The van der Waals surface area contributed by atoms with Crippen molar-refractivity contribution in [3.8, 4) is 0 Å². The first kappa shape index (κ1) is 15.1. The zero-order valence-corrected chi connectivity index (χ0v) is 12.4. The molecular weight excluding hydrogens is 256 g/mol. The molecule has 1 aliphatic heterocycles. The Morgan fingerprint density at radius 2 is 1.90 bits per heavy atom. The van der Waals surface area contributed by atoms with Crippen LogP contribution in [0.4, 0.5) is 4.79 Å². The summed E-state index contributed by atoms with van der Waals surface area (Å²) in [6, 6.07) is 0.122. The van der Waals surface area contributed by atoms with E-state index in [9.17, 15) is 9.59 Å². The van der Waals surface area contributed by atoms with E-state index < -0.39 is 5.97 Å². The number of urea groups is 1. The Hall–Kier alpha value is -1.26. The van der Waals surface area contributed by atoms with Crippen molar-refractivity contribution in [2.75, 3.05) is 26.7 Å². The lowest BCUT2D eigenvalue weighted by molar-refractivity contribution is -0.137. The van der Waals surface area contributed by atoms with Gasteiger partial charge in [0.2, 0.25) is 0 Å². The van der Waals surface area contributed by atoms with Crippen molar-refractivity contribution in [3.63, 3.8) is 0 Å². The third-order valence-electron chi connectivity index (χ3n) is 4.64. The first-order valence-corrected chi connectivity index (χ1v) is 7.78. The number of hydrogen-bond acceptors (Lipinski definition) is 2. The van der Waals surface area contributed by atoms with Crippen LogP contribution in [0.15, 0.2) is 0 Å². The molecule has 0 radical (unpaired) electrons. The van der Waals surface area contributed by atoms with Crippen LogP contribution in [0.2, 0.25) is 0 Å². The first-order chi connectivity index (χ1) is 9.56. The molecule has 2 fully saturated rings. The fraction of sp³-hybridized carbons (Fsp3) is 0.867. The summed E-state index contributed by atoms with van der Waals surface area (Å²) in [6.07, 6.45) is 6.73. The molecule has 0 bridgehead atoms. The van der Waals surface area contributed by atoms with E-state index >= 15 is 0 Å². The Morgan fingerprint density at radius 1 is 1.20 bits per heavy atom. The highest BCUT2D eigenvalue weighted by atomic mass is 16.4. The Kier molecular flexibility index (Phi) is 5.26. The number of nitrogens with zero attached hydrogens (tertiary/aromatic N) is 2. The molecule has 1 unspecified atom stereocenters. The molecule has 1 heterocycles. The SMILES string of the molecule is CN(CC1CCC1)C(=O)N1CCCC(CCC(=O)O)C1. The van der Waals surface area contributed by atoms with Crippen LogP contribution in [0, 0.1) is 11.8 Å². The Labute approximate surface area is 120 Å². The van der Waals surface area contributed by atoms with Gasteiger partial charge in [0.05, 0.1) is 0 Å². The number of carbonyl (C=O) groups is 2. The molecule has 2 aliphatic rings. The zero-order valence-electron chi connectivity index (χ0n) is 12.4. The van der Waals surface area contributed by atoms with Gasteiger partial charge in [0.1, 0.15) is 0 Å². The van der Waals surface area contributed by atoms with Crippen LogP contribution < -0.4 is 0 Å². The number of aliphatic carboxylic acids is 1. The summed E-state index contributed by atoms with van der Waals surface area (Å²) in [6.45, 7) is 2.41. The summed E-state index contributed by atoms with van der Waals surface area (Å²) < 4.78 is 0. The van der Waals surface area contributed by atoms with Gasteiger partial charge in [-0.2, -0.15) is 0 Å². The van der Waals surface area contributed by atoms with E-state index in [1.807, 2.05) is 16.8 Å². The summed E-state index contributed by atoms with van der Waals surface area (Å²) >= 11 is 0. The van der Waals surface area contributed by atoms with Gasteiger partial charge in [0.15, 0.2) is 0 Å². The molecule has 0 aromatic carbocycles. The van der Waals surface area contributed by atoms with Gasteiger partial charge in [-0.1, -0.05) is 6.42 Å². The summed E-state index contributed by atoms with van der Waals surface area (Å²) in [5, 5.41) is 8.75. The van der Waals surface area contributed by atoms with E-state index in [1.54, 1.807) is 0 Å². The van der Waals surface area contributed by atoms with Gasteiger partial charge < -0.3 is 14.9 Å². The zero-order chi connectivity index (χ0) is 14.5. The molecule has 0 spiro atoms. The summed E-state index contributed by atoms with van der Waals surface area (Å²) in [4.78, 5) is 26.8. The van der Waals surface area contributed by atoms with Crippen LogP contribution in [0.1, 0.15) is 44.9 Å². The Bertz CT molecular complexity index is 355. The summed E-state index contributed by atoms with van der Waals surface area (Å²) in [5.74, 6) is 0.299. The van der Waals surface area contributed by atoms with E-state index in [4.69, 9.17) is 5.11 Å². The van der Waals surface area contributed by atoms with Crippen molar-refractivity contribution in [1.29, 1.82) is 0 Å². The normalized spacial score (nSPS) is 23.2. The number of hydrogen-bond donors (Lipinski definition) is 1. The molecule has 1 saturated carbocycles. The van der Waals surface area contributed by atoms with Crippen LogP contribution in [-0.4, -0.2) is 53.6 Å². The van der Waals surface area contributed by atoms with Gasteiger partial charge in [0, 0.05) is 33.1 Å². The van der Waals surface area contributed by atoms with Crippen molar-refractivity contribution < 1.29 is 14.7 Å². The monoisotopic (exact) mass is 282 g/mol. The van der Waals surface area contributed by atoms with Crippen LogP contribution in [0.3, 0.4) is 0 Å². The Balaban J connectivity index is 1.77. The molecule has 2 rings (SSSR count). The highest BCUT2D eigenvalue weighted by molar-refractivity contribution is 5.74.